The Labute approximate surface area is 128 Å². The number of rotatable bonds is 5. The average molecular weight is 305 g/mol. The van der Waals surface area contributed by atoms with Crippen LogP contribution in [0.2, 0.25) is 0 Å². The monoisotopic (exact) mass is 305 g/mol. The molecule has 5 nitrogen and oxygen atoms in total. The number of nitrogen functional groups attached to an aromatic ring is 1. The zero-order valence-electron chi connectivity index (χ0n) is 12.4. The largest absolute Gasteiger partial charge is 0.462 e. The number of carbonyl (C=O) groups is 1. The molecule has 0 saturated carbocycles. The number of nitrogens with zero attached hydrogens (tertiary/aromatic N) is 2. The summed E-state index contributed by atoms with van der Waals surface area (Å²) in [7, 11) is 1.97. The third kappa shape index (κ3) is 3.52. The van der Waals surface area contributed by atoms with Gasteiger partial charge in [-0.1, -0.05) is 0 Å². The van der Waals surface area contributed by atoms with E-state index in [1.54, 1.807) is 30.4 Å². The Morgan fingerprint density at radius 2 is 2.24 bits per heavy atom. The van der Waals surface area contributed by atoms with Gasteiger partial charge in [0.1, 0.15) is 0 Å². The maximum atomic E-state index is 11.7. The summed E-state index contributed by atoms with van der Waals surface area (Å²) < 4.78 is 4.97. The van der Waals surface area contributed by atoms with E-state index in [0.717, 1.165) is 17.9 Å². The van der Waals surface area contributed by atoms with Crippen LogP contribution in [0.15, 0.2) is 23.7 Å². The van der Waals surface area contributed by atoms with Gasteiger partial charge in [0.2, 0.25) is 0 Å². The van der Waals surface area contributed by atoms with Crippen LogP contribution >= 0.6 is 11.3 Å². The fourth-order valence-electron chi connectivity index (χ4n) is 2.02. The number of esters is 1. The first kappa shape index (κ1) is 15.3. The van der Waals surface area contributed by atoms with Crippen molar-refractivity contribution < 1.29 is 9.53 Å². The van der Waals surface area contributed by atoms with Gasteiger partial charge in [-0.3, -0.25) is 0 Å². The first-order valence-electron chi connectivity index (χ1n) is 6.69. The van der Waals surface area contributed by atoms with E-state index in [1.807, 2.05) is 30.4 Å². The second kappa shape index (κ2) is 6.58. The van der Waals surface area contributed by atoms with Crippen LogP contribution in [0.1, 0.15) is 27.9 Å². The molecule has 1 aromatic heterocycles. The number of nitrogens with two attached hydrogens (primary N) is 1. The molecule has 0 aliphatic carbocycles. The summed E-state index contributed by atoms with van der Waals surface area (Å²) in [6.07, 6.45) is 0. The lowest BCUT2D eigenvalue weighted by molar-refractivity contribution is 0.0526. The summed E-state index contributed by atoms with van der Waals surface area (Å²) in [4.78, 5) is 19.2. The fraction of sp³-hybridized carbons (Fsp3) is 0.333. The van der Waals surface area contributed by atoms with Crippen molar-refractivity contribution >= 4 is 28.7 Å². The number of hydrogen-bond acceptors (Lipinski definition) is 6. The SMILES string of the molecule is CCOC(=O)c1ccc(N(C)Cc2scnc2C)c(N)c1. The molecule has 1 aromatic carbocycles. The maximum absolute atomic E-state index is 11.7. The average Bonchev–Trinajstić information content (AvgIpc) is 2.84. The second-order valence-corrected chi connectivity index (χ2v) is 5.65. The predicted octanol–water partition coefficient (Wildman–Crippen LogP) is 2.85. The fourth-order valence-corrected chi connectivity index (χ4v) is 2.85. The van der Waals surface area contributed by atoms with Crippen molar-refractivity contribution in [3.05, 3.63) is 39.8 Å². The molecule has 0 radical (unpaired) electrons. The van der Waals surface area contributed by atoms with Crippen LogP contribution in [0.5, 0.6) is 0 Å². The van der Waals surface area contributed by atoms with Gasteiger partial charge >= 0.3 is 5.97 Å². The molecule has 0 aliphatic rings. The molecule has 112 valence electrons. The summed E-state index contributed by atoms with van der Waals surface area (Å²) in [5, 5.41) is 0. The summed E-state index contributed by atoms with van der Waals surface area (Å²) in [6.45, 7) is 4.86. The van der Waals surface area contributed by atoms with Crippen LogP contribution in [-0.2, 0) is 11.3 Å². The smallest absolute Gasteiger partial charge is 0.338 e. The minimum atomic E-state index is -0.350. The Hall–Kier alpha value is -2.08. The minimum absolute atomic E-state index is 0.350. The van der Waals surface area contributed by atoms with Crippen molar-refractivity contribution in [3.8, 4) is 0 Å². The number of benzene rings is 1. The number of aromatic nitrogens is 1. The Balaban J connectivity index is 2.17. The Morgan fingerprint density at radius 1 is 1.48 bits per heavy atom. The molecule has 2 aromatic rings. The highest BCUT2D eigenvalue weighted by Gasteiger charge is 2.13. The molecule has 1 heterocycles. The molecule has 0 aliphatic heterocycles. The van der Waals surface area contributed by atoms with E-state index < -0.39 is 0 Å². The highest BCUT2D eigenvalue weighted by atomic mass is 32.1. The van der Waals surface area contributed by atoms with Gasteiger partial charge in [-0.15, -0.1) is 11.3 Å². The molecule has 21 heavy (non-hydrogen) atoms. The minimum Gasteiger partial charge on any atom is -0.462 e. The molecule has 0 unspecified atom stereocenters. The summed E-state index contributed by atoms with van der Waals surface area (Å²) >= 11 is 1.63. The van der Waals surface area contributed by atoms with E-state index >= 15 is 0 Å². The Morgan fingerprint density at radius 3 is 2.81 bits per heavy atom. The van der Waals surface area contributed by atoms with E-state index in [1.165, 1.54) is 4.88 Å². The molecular formula is C15H19N3O2S. The van der Waals surface area contributed by atoms with Crippen LogP contribution in [0.4, 0.5) is 11.4 Å². The number of hydrogen-bond donors (Lipinski definition) is 1. The first-order valence-corrected chi connectivity index (χ1v) is 7.57. The van der Waals surface area contributed by atoms with Gasteiger partial charge in [-0.05, 0) is 32.0 Å². The lowest BCUT2D eigenvalue weighted by Crippen LogP contribution is -2.18. The standard InChI is InChI=1S/C15H19N3O2S/c1-4-20-15(19)11-5-6-13(12(16)7-11)18(3)8-14-10(2)17-9-21-14/h5-7,9H,4,8,16H2,1-3H3. The van der Waals surface area contributed by atoms with Gasteiger partial charge in [0, 0.05) is 11.9 Å². The van der Waals surface area contributed by atoms with Gasteiger partial charge in [0.15, 0.2) is 0 Å². The quantitative estimate of drug-likeness (QED) is 0.679. The highest BCUT2D eigenvalue weighted by Crippen LogP contribution is 2.26. The Bertz CT molecular complexity index is 640. The van der Waals surface area contributed by atoms with Gasteiger partial charge < -0.3 is 15.4 Å². The number of aryl methyl sites for hydroxylation is 1. The van der Waals surface area contributed by atoms with Crippen LogP contribution in [0.3, 0.4) is 0 Å². The summed E-state index contributed by atoms with van der Waals surface area (Å²) in [6, 6.07) is 5.24. The maximum Gasteiger partial charge on any atom is 0.338 e. The molecule has 6 heteroatoms. The third-order valence-electron chi connectivity index (χ3n) is 3.18. The highest BCUT2D eigenvalue weighted by molar-refractivity contribution is 7.09. The molecule has 0 fully saturated rings. The molecule has 2 N–H and O–H groups in total. The lowest BCUT2D eigenvalue weighted by atomic mass is 10.1. The number of carbonyl (C=O) groups excluding carboxylic acids is 1. The van der Waals surface area contributed by atoms with Crippen molar-refractivity contribution in [2.24, 2.45) is 0 Å². The van der Waals surface area contributed by atoms with Gasteiger partial charge in [0.05, 0.1) is 41.3 Å². The van der Waals surface area contributed by atoms with E-state index in [2.05, 4.69) is 4.98 Å². The van der Waals surface area contributed by atoms with E-state index in [4.69, 9.17) is 10.5 Å². The van der Waals surface area contributed by atoms with E-state index in [0.29, 0.717) is 17.9 Å². The molecular weight excluding hydrogens is 286 g/mol. The predicted molar refractivity (Wildman–Crippen MR) is 85.8 cm³/mol. The van der Waals surface area contributed by atoms with E-state index in [-0.39, 0.29) is 5.97 Å². The van der Waals surface area contributed by atoms with E-state index in [9.17, 15) is 4.79 Å². The van der Waals surface area contributed by atoms with Gasteiger partial charge in [-0.25, -0.2) is 9.78 Å². The first-order chi connectivity index (χ1) is 10.0. The van der Waals surface area contributed by atoms with Crippen molar-refractivity contribution in [2.45, 2.75) is 20.4 Å². The Kier molecular flexibility index (Phi) is 4.80. The summed E-state index contributed by atoms with van der Waals surface area (Å²) in [5.41, 5.74) is 10.9. The number of thiazole rings is 1. The second-order valence-electron chi connectivity index (χ2n) is 4.71. The molecule has 0 atom stereocenters. The van der Waals surface area contributed by atoms with Crippen molar-refractivity contribution in [3.63, 3.8) is 0 Å². The van der Waals surface area contributed by atoms with Gasteiger partial charge in [-0.2, -0.15) is 0 Å². The molecule has 2 rings (SSSR count). The molecule has 0 amide bonds. The molecule has 0 saturated heterocycles. The van der Waals surface area contributed by atoms with Gasteiger partial charge in [0.25, 0.3) is 0 Å². The molecule has 0 spiro atoms. The van der Waals surface area contributed by atoms with Crippen LogP contribution < -0.4 is 10.6 Å². The van der Waals surface area contributed by atoms with Crippen molar-refractivity contribution in [2.75, 3.05) is 24.3 Å². The van der Waals surface area contributed by atoms with Crippen LogP contribution in [-0.4, -0.2) is 24.6 Å². The van der Waals surface area contributed by atoms with Crippen LogP contribution in [0, 0.1) is 6.92 Å². The zero-order chi connectivity index (χ0) is 15.4. The number of ether oxygens (including phenoxy) is 1. The van der Waals surface area contributed by atoms with Crippen molar-refractivity contribution in [1.82, 2.24) is 4.98 Å². The van der Waals surface area contributed by atoms with Crippen LogP contribution in [0.25, 0.3) is 0 Å². The normalized spacial score (nSPS) is 10.4. The zero-order valence-corrected chi connectivity index (χ0v) is 13.2. The third-order valence-corrected chi connectivity index (χ3v) is 4.10. The molecule has 0 bridgehead atoms. The lowest BCUT2D eigenvalue weighted by Gasteiger charge is -2.21. The van der Waals surface area contributed by atoms with Crippen molar-refractivity contribution in [1.29, 1.82) is 0 Å². The summed E-state index contributed by atoms with van der Waals surface area (Å²) in [5.74, 6) is -0.350. The topological polar surface area (TPSA) is 68.5 Å². The number of anilines is 2.